The topological polar surface area (TPSA) is 43.4 Å². The molecule has 0 aliphatic carbocycles. The van der Waals surface area contributed by atoms with Gasteiger partial charge in [-0.25, -0.2) is 9.18 Å². The monoisotopic (exact) mass is 260 g/mol. The van der Waals surface area contributed by atoms with Crippen molar-refractivity contribution in [3.63, 3.8) is 0 Å². The van der Waals surface area contributed by atoms with Crippen LogP contribution in [0, 0.1) is 5.82 Å². The zero-order valence-electron chi connectivity index (χ0n) is 9.58. The molecule has 0 heterocycles. The van der Waals surface area contributed by atoms with Gasteiger partial charge in [0.2, 0.25) is 5.78 Å². The Morgan fingerprint density at radius 3 is 2.56 bits per heavy atom. The number of esters is 1. The lowest BCUT2D eigenvalue weighted by molar-refractivity contribution is -0.176. The van der Waals surface area contributed by atoms with Crippen LogP contribution in [0.2, 0.25) is 0 Å². The van der Waals surface area contributed by atoms with E-state index in [1.807, 2.05) is 0 Å². The van der Waals surface area contributed by atoms with E-state index in [-0.39, 0.29) is 12.2 Å². The first kappa shape index (κ1) is 14.2. The summed E-state index contributed by atoms with van der Waals surface area (Å²) in [5.74, 6) is -8.35. The van der Waals surface area contributed by atoms with E-state index in [9.17, 15) is 22.8 Å². The second-order valence-electron chi connectivity index (χ2n) is 3.52. The third-order valence-corrected chi connectivity index (χ3v) is 2.14. The minimum atomic E-state index is -4.21. The van der Waals surface area contributed by atoms with Gasteiger partial charge in [0.25, 0.3) is 0 Å². The fraction of sp³-hybridized carbons (Fsp3) is 0.333. The number of carbonyl (C=O) groups excluding carboxylic acids is 2. The SMILES string of the molecule is CCOC(=O)C(F)(F)C(=O)Cc1cccc(F)c1. The van der Waals surface area contributed by atoms with E-state index in [1.165, 1.54) is 19.1 Å². The van der Waals surface area contributed by atoms with Crippen LogP contribution in [-0.4, -0.2) is 24.3 Å². The molecule has 6 heteroatoms. The fourth-order valence-electron chi connectivity index (χ4n) is 1.28. The number of ketones is 1. The third-order valence-electron chi connectivity index (χ3n) is 2.14. The van der Waals surface area contributed by atoms with Crippen LogP contribution < -0.4 is 0 Å². The normalized spacial score (nSPS) is 11.1. The molecule has 0 N–H and O–H groups in total. The first-order valence-corrected chi connectivity index (χ1v) is 5.20. The van der Waals surface area contributed by atoms with E-state index in [0.717, 1.165) is 12.1 Å². The average Bonchev–Trinajstić information content (AvgIpc) is 2.29. The van der Waals surface area contributed by atoms with Gasteiger partial charge in [0.05, 0.1) is 6.61 Å². The maximum Gasteiger partial charge on any atom is 0.400 e. The van der Waals surface area contributed by atoms with Gasteiger partial charge in [-0.15, -0.1) is 0 Å². The Labute approximate surface area is 102 Å². The highest BCUT2D eigenvalue weighted by atomic mass is 19.3. The second kappa shape index (κ2) is 5.66. The molecule has 0 radical (unpaired) electrons. The number of carbonyl (C=O) groups is 2. The molecule has 0 fully saturated rings. The molecule has 1 aromatic rings. The standard InChI is InChI=1S/C12H11F3O3/c1-2-18-11(17)12(14,15)10(16)7-8-4-3-5-9(13)6-8/h3-6H,2,7H2,1H3. The molecule has 0 aliphatic heterocycles. The number of alkyl halides is 2. The maximum atomic E-state index is 13.3. The first-order chi connectivity index (χ1) is 8.37. The van der Waals surface area contributed by atoms with Gasteiger partial charge in [-0.1, -0.05) is 12.1 Å². The van der Waals surface area contributed by atoms with Crippen molar-refractivity contribution in [3.8, 4) is 0 Å². The summed E-state index contributed by atoms with van der Waals surface area (Å²) in [5.41, 5.74) is 0.0731. The highest BCUT2D eigenvalue weighted by Gasteiger charge is 2.48. The van der Waals surface area contributed by atoms with Gasteiger partial charge in [0, 0.05) is 6.42 Å². The van der Waals surface area contributed by atoms with Crippen molar-refractivity contribution in [3.05, 3.63) is 35.6 Å². The summed E-state index contributed by atoms with van der Waals surface area (Å²) < 4.78 is 43.4. The molecule has 0 bridgehead atoms. The summed E-state index contributed by atoms with van der Waals surface area (Å²) in [4.78, 5) is 22.2. The molecule has 0 aliphatic rings. The van der Waals surface area contributed by atoms with Crippen LogP contribution in [0.4, 0.5) is 13.2 Å². The van der Waals surface area contributed by atoms with Crippen molar-refractivity contribution in [2.45, 2.75) is 19.3 Å². The number of hydrogen-bond acceptors (Lipinski definition) is 3. The van der Waals surface area contributed by atoms with E-state index < -0.39 is 29.9 Å². The van der Waals surface area contributed by atoms with Crippen LogP contribution in [0.15, 0.2) is 24.3 Å². The van der Waals surface area contributed by atoms with Crippen molar-refractivity contribution in [1.29, 1.82) is 0 Å². The molecular weight excluding hydrogens is 249 g/mol. The maximum absolute atomic E-state index is 13.3. The Kier molecular flexibility index (Phi) is 4.47. The van der Waals surface area contributed by atoms with Crippen LogP contribution in [-0.2, 0) is 20.7 Å². The summed E-state index contributed by atoms with van der Waals surface area (Å²) in [5, 5.41) is 0. The number of hydrogen-bond donors (Lipinski definition) is 0. The van der Waals surface area contributed by atoms with Crippen LogP contribution in [0.25, 0.3) is 0 Å². The Morgan fingerprint density at radius 1 is 1.33 bits per heavy atom. The van der Waals surface area contributed by atoms with Crippen molar-refractivity contribution in [2.24, 2.45) is 0 Å². The minimum absolute atomic E-state index is 0.0731. The number of Topliss-reactive ketones (excluding diaryl/α,β-unsaturated/α-hetero) is 1. The predicted octanol–water partition coefficient (Wildman–Crippen LogP) is 2.14. The van der Waals surface area contributed by atoms with Gasteiger partial charge in [-0.05, 0) is 24.6 Å². The Bertz CT molecular complexity index is 458. The Balaban J connectivity index is 2.79. The lowest BCUT2D eigenvalue weighted by atomic mass is 10.0. The Morgan fingerprint density at radius 2 is 2.00 bits per heavy atom. The molecular formula is C12H11F3O3. The number of rotatable bonds is 5. The predicted molar refractivity (Wildman–Crippen MR) is 56.7 cm³/mol. The van der Waals surface area contributed by atoms with Gasteiger partial charge < -0.3 is 4.74 Å². The fourth-order valence-corrected chi connectivity index (χ4v) is 1.28. The van der Waals surface area contributed by atoms with Gasteiger partial charge >= 0.3 is 11.9 Å². The molecule has 0 unspecified atom stereocenters. The number of benzene rings is 1. The molecule has 3 nitrogen and oxygen atoms in total. The lowest BCUT2D eigenvalue weighted by Crippen LogP contribution is -2.40. The molecule has 0 aromatic heterocycles. The van der Waals surface area contributed by atoms with Gasteiger partial charge in [0.15, 0.2) is 0 Å². The molecule has 1 aromatic carbocycles. The highest BCUT2D eigenvalue weighted by molar-refractivity contribution is 6.05. The van der Waals surface area contributed by atoms with Gasteiger partial charge in [-0.3, -0.25) is 4.79 Å². The zero-order valence-corrected chi connectivity index (χ0v) is 9.58. The highest BCUT2D eigenvalue weighted by Crippen LogP contribution is 2.20. The summed E-state index contributed by atoms with van der Waals surface area (Å²) >= 11 is 0. The molecule has 0 saturated heterocycles. The van der Waals surface area contributed by atoms with Crippen molar-refractivity contribution in [1.82, 2.24) is 0 Å². The van der Waals surface area contributed by atoms with E-state index in [2.05, 4.69) is 4.74 Å². The summed E-state index contributed by atoms with van der Waals surface area (Å²) in [6.45, 7) is 1.10. The average molecular weight is 260 g/mol. The van der Waals surface area contributed by atoms with Crippen molar-refractivity contribution < 1.29 is 27.5 Å². The minimum Gasteiger partial charge on any atom is -0.461 e. The molecule has 0 amide bonds. The number of halogens is 3. The third kappa shape index (κ3) is 3.32. The number of ether oxygens (including phenoxy) is 1. The van der Waals surface area contributed by atoms with Crippen LogP contribution in [0.3, 0.4) is 0 Å². The molecule has 1 rings (SSSR count). The van der Waals surface area contributed by atoms with Crippen LogP contribution in [0.5, 0.6) is 0 Å². The van der Waals surface area contributed by atoms with E-state index in [1.54, 1.807) is 0 Å². The van der Waals surface area contributed by atoms with Crippen molar-refractivity contribution >= 4 is 11.8 Å². The molecule has 98 valence electrons. The smallest absolute Gasteiger partial charge is 0.400 e. The molecule has 0 atom stereocenters. The summed E-state index contributed by atoms with van der Waals surface area (Å²) in [7, 11) is 0. The zero-order chi connectivity index (χ0) is 13.8. The lowest BCUT2D eigenvalue weighted by Gasteiger charge is -2.13. The second-order valence-corrected chi connectivity index (χ2v) is 3.52. The quantitative estimate of drug-likeness (QED) is 0.601. The van der Waals surface area contributed by atoms with Crippen LogP contribution >= 0.6 is 0 Å². The molecule has 0 saturated carbocycles. The van der Waals surface area contributed by atoms with E-state index in [4.69, 9.17) is 0 Å². The Hall–Kier alpha value is -1.85. The van der Waals surface area contributed by atoms with Crippen molar-refractivity contribution in [2.75, 3.05) is 6.61 Å². The van der Waals surface area contributed by atoms with Crippen LogP contribution in [0.1, 0.15) is 12.5 Å². The first-order valence-electron chi connectivity index (χ1n) is 5.20. The van der Waals surface area contributed by atoms with E-state index in [0.29, 0.717) is 0 Å². The molecule has 18 heavy (non-hydrogen) atoms. The summed E-state index contributed by atoms with van der Waals surface area (Å²) in [6.07, 6.45) is -0.733. The van der Waals surface area contributed by atoms with E-state index >= 15 is 0 Å². The molecule has 0 spiro atoms. The van der Waals surface area contributed by atoms with Gasteiger partial charge in [0.1, 0.15) is 5.82 Å². The van der Waals surface area contributed by atoms with Gasteiger partial charge in [-0.2, -0.15) is 8.78 Å². The summed E-state index contributed by atoms with van der Waals surface area (Å²) in [6, 6.07) is 4.69. The largest absolute Gasteiger partial charge is 0.461 e.